The summed E-state index contributed by atoms with van der Waals surface area (Å²) in [6.07, 6.45) is 5.56. The molecule has 0 radical (unpaired) electrons. The van der Waals surface area contributed by atoms with Gasteiger partial charge in [0.15, 0.2) is 0 Å². The summed E-state index contributed by atoms with van der Waals surface area (Å²) in [4.78, 5) is 0. The van der Waals surface area contributed by atoms with E-state index < -0.39 is 0 Å². The molecule has 1 unspecified atom stereocenters. The Morgan fingerprint density at radius 2 is 2.16 bits per heavy atom. The first kappa shape index (κ1) is 13.4. The number of nitrogens with two attached hydrogens (primary N) is 1. The number of hydrogen-bond donors (Lipinski definition) is 2. The van der Waals surface area contributed by atoms with Gasteiger partial charge in [-0.1, -0.05) is 31.0 Å². The van der Waals surface area contributed by atoms with Gasteiger partial charge in [0.05, 0.1) is 6.04 Å². The van der Waals surface area contributed by atoms with Gasteiger partial charge in [0, 0.05) is 15.7 Å². The smallest absolute Gasteiger partial charge is 0.0564 e. The molecule has 0 amide bonds. The molecule has 3 N–H and O–H groups in total. The van der Waals surface area contributed by atoms with Crippen LogP contribution in [-0.4, -0.2) is 11.0 Å². The molecular weight excluding hydrogens is 272 g/mol. The van der Waals surface area contributed by atoms with E-state index in [9.17, 15) is 0 Å². The Morgan fingerprint density at radius 1 is 1.32 bits per heavy atom. The van der Waals surface area contributed by atoms with Crippen molar-refractivity contribution in [3.63, 3.8) is 0 Å². The molecule has 3 rings (SSSR count). The fraction of sp³-hybridized carbons (Fsp3) is 0.467. The van der Waals surface area contributed by atoms with Crippen molar-refractivity contribution in [3.05, 3.63) is 35.2 Å². The molecule has 0 bridgehead atoms. The molecule has 1 saturated carbocycles. The van der Waals surface area contributed by atoms with Crippen molar-refractivity contribution in [1.29, 1.82) is 0 Å². The monoisotopic (exact) mass is 292 g/mol. The van der Waals surface area contributed by atoms with Crippen LogP contribution in [0.15, 0.2) is 29.6 Å². The van der Waals surface area contributed by atoms with Crippen LogP contribution in [0.3, 0.4) is 0 Å². The first-order chi connectivity index (χ1) is 9.38. The maximum atomic E-state index is 5.79. The first-order valence-electron chi connectivity index (χ1n) is 6.92. The summed E-state index contributed by atoms with van der Waals surface area (Å²) in [6.45, 7) is 0. The minimum atomic E-state index is 0.257. The van der Waals surface area contributed by atoms with E-state index >= 15 is 0 Å². The number of rotatable bonds is 5. The molecular formula is C15H20N2S2. The van der Waals surface area contributed by atoms with E-state index in [1.54, 1.807) is 0 Å². The standard InChI is InChI=1S/C15H20N2S2/c16-17-14(10-19-12-5-1-2-6-12)13-7-3-4-11-8-9-18-15(11)13/h3-4,7-9,12,14,17H,1-2,5-6,10,16H2. The quantitative estimate of drug-likeness (QED) is 0.644. The van der Waals surface area contributed by atoms with Crippen molar-refractivity contribution < 1.29 is 0 Å². The molecule has 1 heterocycles. The number of thiophene rings is 1. The zero-order valence-corrected chi connectivity index (χ0v) is 12.6. The van der Waals surface area contributed by atoms with Gasteiger partial charge >= 0.3 is 0 Å². The summed E-state index contributed by atoms with van der Waals surface area (Å²) < 4.78 is 1.37. The van der Waals surface area contributed by atoms with Crippen LogP contribution >= 0.6 is 23.1 Å². The van der Waals surface area contributed by atoms with E-state index in [1.165, 1.54) is 41.3 Å². The van der Waals surface area contributed by atoms with Crippen molar-refractivity contribution in [2.75, 3.05) is 5.75 Å². The maximum absolute atomic E-state index is 5.79. The minimum Gasteiger partial charge on any atom is -0.271 e. The lowest BCUT2D eigenvalue weighted by molar-refractivity contribution is 0.614. The van der Waals surface area contributed by atoms with E-state index in [1.807, 2.05) is 11.3 Å². The van der Waals surface area contributed by atoms with Crippen LogP contribution in [0.2, 0.25) is 0 Å². The van der Waals surface area contributed by atoms with Crippen molar-refractivity contribution in [2.24, 2.45) is 5.84 Å². The summed E-state index contributed by atoms with van der Waals surface area (Å²) in [5.41, 5.74) is 4.36. The highest BCUT2D eigenvalue weighted by molar-refractivity contribution is 7.99. The predicted octanol–water partition coefficient (Wildman–Crippen LogP) is 4.08. The zero-order chi connectivity index (χ0) is 13.1. The maximum Gasteiger partial charge on any atom is 0.0564 e. The van der Waals surface area contributed by atoms with Crippen molar-refractivity contribution in [3.8, 4) is 0 Å². The normalized spacial score (nSPS) is 18.2. The summed E-state index contributed by atoms with van der Waals surface area (Å²) in [7, 11) is 0. The molecule has 1 atom stereocenters. The third-order valence-electron chi connectivity index (χ3n) is 3.89. The lowest BCUT2D eigenvalue weighted by Gasteiger charge is -2.19. The highest BCUT2D eigenvalue weighted by Gasteiger charge is 2.19. The molecule has 4 heteroatoms. The predicted molar refractivity (Wildman–Crippen MR) is 86.6 cm³/mol. The SMILES string of the molecule is NNC(CSC1CCCC1)c1cccc2ccsc12. The van der Waals surface area contributed by atoms with Gasteiger partial charge in [-0.05, 0) is 35.2 Å². The first-order valence-corrected chi connectivity index (χ1v) is 8.85. The fourth-order valence-corrected chi connectivity index (χ4v) is 5.18. The number of benzene rings is 1. The zero-order valence-electron chi connectivity index (χ0n) is 11.0. The Balaban J connectivity index is 1.75. The Bertz CT molecular complexity index is 532. The molecule has 1 aromatic carbocycles. The van der Waals surface area contributed by atoms with Gasteiger partial charge in [-0.25, -0.2) is 0 Å². The van der Waals surface area contributed by atoms with Crippen LogP contribution in [0, 0.1) is 0 Å². The van der Waals surface area contributed by atoms with Gasteiger partial charge in [-0.15, -0.1) is 11.3 Å². The van der Waals surface area contributed by atoms with Crippen LogP contribution in [0.4, 0.5) is 0 Å². The van der Waals surface area contributed by atoms with Gasteiger partial charge < -0.3 is 0 Å². The average molecular weight is 292 g/mol. The van der Waals surface area contributed by atoms with Crippen molar-refractivity contribution in [1.82, 2.24) is 5.43 Å². The molecule has 0 aliphatic heterocycles. The molecule has 0 spiro atoms. The summed E-state index contributed by atoms with van der Waals surface area (Å²) in [5.74, 6) is 6.86. The van der Waals surface area contributed by atoms with Gasteiger partial charge in [0.2, 0.25) is 0 Å². The molecule has 1 aliphatic carbocycles. The lowest BCUT2D eigenvalue weighted by Crippen LogP contribution is -2.30. The molecule has 1 aliphatic rings. The van der Waals surface area contributed by atoms with Crippen LogP contribution in [-0.2, 0) is 0 Å². The Labute approximate surface area is 122 Å². The van der Waals surface area contributed by atoms with E-state index in [4.69, 9.17) is 5.84 Å². The number of hydrazine groups is 1. The van der Waals surface area contributed by atoms with Gasteiger partial charge in [0.25, 0.3) is 0 Å². The highest BCUT2D eigenvalue weighted by Crippen LogP contribution is 2.34. The second kappa shape index (κ2) is 6.27. The Kier molecular flexibility index (Phi) is 4.43. The highest BCUT2D eigenvalue weighted by atomic mass is 32.2. The third kappa shape index (κ3) is 2.97. The number of thioether (sulfide) groups is 1. The van der Waals surface area contributed by atoms with E-state index in [0.29, 0.717) is 0 Å². The van der Waals surface area contributed by atoms with Crippen LogP contribution < -0.4 is 11.3 Å². The summed E-state index contributed by atoms with van der Waals surface area (Å²) in [5, 5.41) is 4.33. The van der Waals surface area contributed by atoms with Crippen LogP contribution in [0.5, 0.6) is 0 Å². The fourth-order valence-electron chi connectivity index (χ4n) is 2.81. The number of fused-ring (bicyclic) bond motifs is 1. The summed E-state index contributed by atoms with van der Waals surface area (Å²) in [6, 6.07) is 8.95. The second-order valence-corrected chi connectivity index (χ2v) is 7.39. The van der Waals surface area contributed by atoms with E-state index in [-0.39, 0.29) is 6.04 Å². The Hall–Kier alpha value is -0.550. The topological polar surface area (TPSA) is 38.0 Å². The Morgan fingerprint density at radius 3 is 2.95 bits per heavy atom. The largest absolute Gasteiger partial charge is 0.271 e. The van der Waals surface area contributed by atoms with Crippen molar-refractivity contribution in [2.45, 2.75) is 37.0 Å². The molecule has 102 valence electrons. The molecule has 19 heavy (non-hydrogen) atoms. The van der Waals surface area contributed by atoms with Gasteiger partial charge in [-0.2, -0.15) is 11.8 Å². The minimum absolute atomic E-state index is 0.257. The van der Waals surface area contributed by atoms with Crippen LogP contribution in [0.1, 0.15) is 37.3 Å². The number of hydrogen-bond acceptors (Lipinski definition) is 4. The van der Waals surface area contributed by atoms with Crippen LogP contribution in [0.25, 0.3) is 10.1 Å². The average Bonchev–Trinajstić information content (AvgIpc) is 3.10. The molecule has 1 fully saturated rings. The summed E-state index contributed by atoms with van der Waals surface area (Å²) >= 11 is 3.90. The van der Waals surface area contributed by atoms with Gasteiger partial charge in [-0.3, -0.25) is 11.3 Å². The second-order valence-electron chi connectivity index (χ2n) is 5.15. The van der Waals surface area contributed by atoms with Gasteiger partial charge in [0.1, 0.15) is 0 Å². The van der Waals surface area contributed by atoms with E-state index in [2.05, 4.69) is 46.8 Å². The number of nitrogens with one attached hydrogen (secondary N) is 1. The molecule has 0 saturated heterocycles. The molecule has 2 nitrogen and oxygen atoms in total. The van der Waals surface area contributed by atoms with E-state index in [0.717, 1.165) is 11.0 Å². The molecule has 2 aromatic rings. The van der Waals surface area contributed by atoms with Crippen molar-refractivity contribution >= 4 is 33.2 Å². The molecule has 1 aromatic heterocycles. The third-order valence-corrected chi connectivity index (χ3v) is 6.33. The lowest BCUT2D eigenvalue weighted by atomic mass is 10.1.